The zero-order valence-corrected chi connectivity index (χ0v) is 15.2. The van der Waals surface area contributed by atoms with Crippen LogP contribution in [0.1, 0.15) is 19.8 Å². The van der Waals surface area contributed by atoms with Crippen molar-refractivity contribution in [2.24, 2.45) is 0 Å². The number of amides is 1. The third-order valence-corrected chi connectivity index (χ3v) is 6.96. The van der Waals surface area contributed by atoms with E-state index in [0.717, 1.165) is 38.1 Å². The van der Waals surface area contributed by atoms with Crippen molar-refractivity contribution in [2.75, 3.05) is 39.3 Å². The Morgan fingerprint density at radius 3 is 2.12 bits per heavy atom. The normalized spacial score (nSPS) is 21.4. The predicted octanol–water partition coefficient (Wildman–Crippen LogP) is 1.14. The standard InChI is InChI=1S/C17H24FN3O3S/c1-14(17(22)20-8-2-3-9-20)19-10-12-21(13-11-19)25(23,24)16-6-4-15(18)5-7-16/h4-7,14H,2-3,8-13H2,1H3/t14-/m1/s1. The zero-order valence-electron chi connectivity index (χ0n) is 14.4. The van der Waals surface area contributed by atoms with Crippen LogP contribution in [0.5, 0.6) is 0 Å². The second kappa shape index (κ2) is 7.39. The Balaban J connectivity index is 1.61. The van der Waals surface area contributed by atoms with Crippen LogP contribution >= 0.6 is 0 Å². The lowest BCUT2D eigenvalue weighted by molar-refractivity contribution is -0.135. The summed E-state index contributed by atoms with van der Waals surface area (Å²) in [5.74, 6) is -0.328. The van der Waals surface area contributed by atoms with E-state index in [4.69, 9.17) is 0 Å². The zero-order chi connectivity index (χ0) is 18.0. The van der Waals surface area contributed by atoms with Gasteiger partial charge in [-0.3, -0.25) is 9.69 Å². The summed E-state index contributed by atoms with van der Waals surface area (Å²) in [6.45, 7) is 5.23. The highest BCUT2D eigenvalue weighted by molar-refractivity contribution is 7.89. The van der Waals surface area contributed by atoms with Crippen molar-refractivity contribution in [2.45, 2.75) is 30.7 Å². The van der Waals surface area contributed by atoms with Crippen LogP contribution in [0.3, 0.4) is 0 Å². The third-order valence-electron chi connectivity index (χ3n) is 5.05. The minimum Gasteiger partial charge on any atom is -0.341 e. The highest BCUT2D eigenvalue weighted by Gasteiger charge is 2.33. The second-order valence-corrected chi connectivity index (χ2v) is 8.54. The number of rotatable bonds is 4. The minimum absolute atomic E-state index is 0.101. The van der Waals surface area contributed by atoms with Gasteiger partial charge in [0.1, 0.15) is 5.82 Å². The van der Waals surface area contributed by atoms with Gasteiger partial charge in [0, 0.05) is 39.3 Å². The van der Waals surface area contributed by atoms with Crippen LogP contribution in [0, 0.1) is 5.82 Å². The molecule has 2 aliphatic heterocycles. The predicted molar refractivity (Wildman–Crippen MR) is 92.0 cm³/mol. The smallest absolute Gasteiger partial charge is 0.243 e. The molecule has 2 fully saturated rings. The van der Waals surface area contributed by atoms with Gasteiger partial charge in [-0.15, -0.1) is 0 Å². The van der Waals surface area contributed by atoms with Gasteiger partial charge in [-0.2, -0.15) is 4.31 Å². The summed E-state index contributed by atoms with van der Waals surface area (Å²) in [4.78, 5) is 16.5. The molecule has 1 atom stereocenters. The van der Waals surface area contributed by atoms with E-state index in [2.05, 4.69) is 0 Å². The molecule has 2 heterocycles. The lowest BCUT2D eigenvalue weighted by atomic mass is 10.2. The fraction of sp³-hybridized carbons (Fsp3) is 0.588. The first kappa shape index (κ1) is 18.3. The molecule has 0 saturated carbocycles. The molecule has 8 heteroatoms. The summed E-state index contributed by atoms with van der Waals surface area (Å²) in [6, 6.07) is 4.65. The number of sulfonamides is 1. The summed E-state index contributed by atoms with van der Waals surface area (Å²) in [5.41, 5.74) is 0. The number of carbonyl (C=O) groups excluding carboxylic acids is 1. The number of hydrogen-bond donors (Lipinski definition) is 0. The Morgan fingerprint density at radius 2 is 1.56 bits per heavy atom. The van der Waals surface area contributed by atoms with Crippen molar-refractivity contribution in [3.8, 4) is 0 Å². The maximum absolute atomic E-state index is 13.0. The van der Waals surface area contributed by atoms with Gasteiger partial charge in [-0.1, -0.05) is 0 Å². The van der Waals surface area contributed by atoms with Gasteiger partial charge in [0.15, 0.2) is 0 Å². The van der Waals surface area contributed by atoms with E-state index in [0.29, 0.717) is 26.2 Å². The first-order valence-electron chi connectivity index (χ1n) is 8.68. The largest absolute Gasteiger partial charge is 0.341 e. The molecule has 1 aromatic rings. The molecular formula is C17H24FN3O3S. The fourth-order valence-corrected chi connectivity index (χ4v) is 4.87. The van der Waals surface area contributed by atoms with E-state index < -0.39 is 15.8 Å². The summed E-state index contributed by atoms with van der Waals surface area (Å²) in [7, 11) is -3.62. The molecule has 0 radical (unpaired) electrons. The molecular weight excluding hydrogens is 345 g/mol. The molecule has 25 heavy (non-hydrogen) atoms. The summed E-state index contributed by atoms with van der Waals surface area (Å²) in [6.07, 6.45) is 2.12. The monoisotopic (exact) mass is 369 g/mol. The molecule has 0 aliphatic carbocycles. The number of likely N-dealkylation sites (tertiary alicyclic amines) is 1. The van der Waals surface area contributed by atoms with Gasteiger partial charge in [-0.05, 0) is 44.0 Å². The average Bonchev–Trinajstić information content (AvgIpc) is 3.15. The molecule has 3 rings (SSSR count). The van der Waals surface area contributed by atoms with E-state index in [1.807, 2.05) is 16.7 Å². The molecule has 1 amide bonds. The van der Waals surface area contributed by atoms with Crippen molar-refractivity contribution in [1.82, 2.24) is 14.1 Å². The highest BCUT2D eigenvalue weighted by Crippen LogP contribution is 2.20. The van der Waals surface area contributed by atoms with E-state index in [-0.39, 0.29) is 16.8 Å². The molecule has 1 aromatic carbocycles. The number of halogens is 1. The Kier molecular flexibility index (Phi) is 5.41. The molecule has 0 bridgehead atoms. The first-order valence-corrected chi connectivity index (χ1v) is 10.1. The van der Waals surface area contributed by atoms with Gasteiger partial charge in [0.05, 0.1) is 10.9 Å². The third kappa shape index (κ3) is 3.86. The maximum atomic E-state index is 13.0. The number of piperazine rings is 1. The molecule has 0 N–H and O–H groups in total. The quantitative estimate of drug-likeness (QED) is 0.799. The summed E-state index contributed by atoms with van der Waals surface area (Å²) in [5, 5.41) is 0. The van der Waals surface area contributed by atoms with Gasteiger partial charge in [0.2, 0.25) is 15.9 Å². The van der Waals surface area contributed by atoms with E-state index in [1.165, 1.54) is 16.4 Å². The Bertz CT molecular complexity index is 709. The van der Waals surface area contributed by atoms with Crippen molar-refractivity contribution >= 4 is 15.9 Å². The van der Waals surface area contributed by atoms with Crippen LogP contribution in [0.4, 0.5) is 4.39 Å². The van der Waals surface area contributed by atoms with Crippen LogP contribution < -0.4 is 0 Å². The highest BCUT2D eigenvalue weighted by atomic mass is 32.2. The number of carbonyl (C=O) groups is 1. The van der Waals surface area contributed by atoms with Gasteiger partial charge in [0.25, 0.3) is 0 Å². The SMILES string of the molecule is C[C@H](C(=O)N1CCCC1)N1CCN(S(=O)(=O)c2ccc(F)cc2)CC1. The Hall–Kier alpha value is -1.51. The Morgan fingerprint density at radius 1 is 1.00 bits per heavy atom. The molecule has 0 aromatic heterocycles. The lowest BCUT2D eigenvalue weighted by Gasteiger charge is -2.37. The van der Waals surface area contributed by atoms with Crippen molar-refractivity contribution in [1.29, 1.82) is 0 Å². The Labute approximate surface area is 148 Å². The van der Waals surface area contributed by atoms with Gasteiger partial charge in [-0.25, -0.2) is 12.8 Å². The summed E-state index contributed by atoms with van der Waals surface area (Å²) < 4.78 is 39.7. The first-order chi connectivity index (χ1) is 11.9. The van der Waals surface area contributed by atoms with Gasteiger partial charge >= 0.3 is 0 Å². The van der Waals surface area contributed by atoms with Crippen LogP contribution in [-0.4, -0.2) is 73.7 Å². The molecule has 0 spiro atoms. The molecule has 6 nitrogen and oxygen atoms in total. The van der Waals surface area contributed by atoms with Crippen molar-refractivity contribution in [3.05, 3.63) is 30.1 Å². The van der Waals surface area contributed by atoms with Crippen molar-refractivity contribution < 1.29 is 17.6 Å². The molecule has 2 saturated heterocycles. The molecule has 0 unspecified atom stereocenters. The van der Waals surface area contributed by atoms with E-state index in [9.17, 15) is 17.6 Å². The van der Waals surface area contributed by atoms with Crippen LogP contribution in [0.15, 0.2) is 29.2 Å². The van der Waals surface area contributed by atoms with E-state index >= 15 is 0 Å². The van der Waals surface area contributed by atoms with Crippen LogP contribution in [0.2, 0.25) is 0 Å². The minimum atomic E-state index is -3.62. The van der Waals surface area contributed by atoms with Crippen molar-refractivity contribution in [3.63, 3.8) is 0 Å². The number of benzene rings is 1. The fourth-order valence-electron chi connectivity index (χ4n) is 3.44. The van der Waals surface area contributed by atoms with E-state index in [1.54, 1.807) is 0 Å². The van der Waals surface area contributed by atoms with Gasteiger partial charge < -0.3 is 4.90 Å². The molecule has 2 aliphatic rings. The molecule has 138 valence electrons. The van der Waals surface area contributed by atoms with Crippen LogP contribution in [0.25, 0.3) is 0 Å². The van der Waals surface area contributed by atoms with Crippen LogP contribution in [-0.2, 0) is 14.8 Å². The topological polar surface area (TPSA) is 60.9 Å². The maximum Gasteiger partial charge on any atom is 0.243 e. The average molecular weight is 369 g/mol. The summed E-state index contributed by atoms with van der Waals surface area (Å²) >= 11 is 0. The second-order valence-electron chi connectivity index (χ2n) is 6.60. The number of hydrogen-bond acceptors (Lipinski definition) is 4. The lowest BCUT2D eigenvalue weighted by Crippen LogP contribution is -2.55. The number of nitrogens with zero attached hydrogens (tertiary/aromatic N) is 3.